The standard InChI is InChI=1S/C13H15NO6/c1-17-9-4-7(5-10(18-2)12(9)19-3)8-6-11(13(15)16)20-14-8/h4-5,11H,6H2,1-3H3,(H,15,16). The van der Waals surface area contributed by atoms with E-state index in [1.807, 2.05) is 0 Å². The molecule has 1 atom stereocenters. The molecule has 108 valence electrons. The molecule has 1 aromatic carbocycles. The zero-order chi connectivity index (χ0) is 14.7. The molecule has 0 spiro atoms. The molecule has 0 saturated heterocycles. The molecule has 1 N–H and O–H groups in total. The van der Waals surface area contributed by atoms with Crippen LogP contribution < -0.4 is 14.2 Å². The fourth-order valence-electron chi connectivity index (χ4n) is 1.93. The molecule has 0 saturated carbocycles. The van der Waals surface area contributed by atoms with Crippen molar-refractivity contribution in [3.05, 3.63) is 17.7 Å². The number of ether oxygens (including phenoxy) is 3. The maximum absolute atomic E-state index is 10.9. The molecule has 0 radical (unpaired) electrons. The van der Waals surface area contributed by atoms with Gasteiger partial charge in [-0.2, -0.15) is 0 Å². The number of rotatable bonds is 5. The average Bonchev–Trinajstić information content (AvgIpc) is 2.95. The predicted molar refractivity (Wildman–Crippen MR) is 69.8 cm³/mol. The summed E-state index contributed by atoms with van der Waals surface area (Å²) >= 11 is 0. The minimum atomic E-state index is -1.05. The molecular formula is C13H15NO6. The molecule has 0 aromatic heterocycles. The van der Waals surface area contributed by atoms with Crippen molar-refractivity contribution in [1.29, 1.82) is 0 Å². The topological polar surface area (TPSA) is 86.6 Å². The number of benzene rings is 1. The first kappa shape index (κ1) is 14.0. The van der Waals surface area contributed by atoms with E-state index in [0.29, 0.717) is 28.5 Å². The number of aliphatic carboxylic acids is 1. The van der Waals surface area contributed by atoms with Gasteiger partial charge in [0.15, 0.2) is 11.5 Å². The highest BCUT2D eigenvalue weighted by atomic mass is 16.7. The SMILES string of the molecule is COc1cc(C2=NOC(C(=O)O)C2)cc(OC)c1OC. The van der Waals surface area contributed by atoms with E-state index < -0.39 is 12.1 Å². The number of carboxylic acid groups (broad SMARTS) is 1. The second-order valence-electron chi connectivity index (χ2n) is 4.09. The summed E-state index contributed by atoms with van der Waals surface area (Å²) in [6, 6.07) is 3.40. The third-order valence-corrected chi connectivity index (χ3v) is 2.94. The lowest BCUT2D eigenvalue weighted by Crippen LogP contribution is -2.19. The maximum atomic E-state index is 10.9. The molecule has 1 aliphatic heterocycles. The van der Waals surface area contributed by atoms with E-state index in [1.165, 1.54) is 21.3 Å². The Labute approximate surface area is 115 Å². The minimum Gasteiger partial charge on any atom is -0.493 e. The molecule has 1 heterocycles. The van der Waals surface area contributed by atoms with Gasteiger partial charge in [-0.25, -0.2) is 4.79 Å². The molecule has 1 aliphatic rings. The molecule has 1 aromatic rings. The zero-order valence-electron chi connectivity index (χ0n) is 11.4. The van der Waals surface area contributed by atoms with Gasteiger partial charge in [0.05, 0.1) is 27.0 Å². The van der Waals surface area contributed by atoms with Gasteiger partial charge in [-0.3, -0.25) is 0 Å². The van der Waals surface area contributed by atoms with Gasteiger partial charge in [-0.1, -0.05) is 5.16 Å². The molecule has 0 aliphatic carbocycles. The highest BCUT2D eigenvalue weighted by Gasteiger charge is 2.29. The normalized spacial score (nSPS) is 17.1. The quantitative estimate of drug-likeness (QED) is 0.875. The second-order valence-corrected chi connectivity index (χ2v) is 4.09. The highest BCUT2D eigenvalue weighted by Crippen LogP contribution is 2.39. The van der Waals surface area contributed by atoms with Gasteiger partial charge in [-0.15, -0.1) is 0 Å². The van der Waals surface area contributed by atoms with E-state index in [0.717, 1.165) is 0 Å². The molecule has 2 rings (SSSR count). The minimum absolute atomic E-state index is 0.188. The van der Waals surface area contributed by atoms with E-state index >= 15 is 0 Å². The van der Waals surface area contributed by atoms with Crippen LogP contribution in [-0.4, -0.2) is 44.2 Å². The van der Waals surface area contributed by atoms with Crippen molar-refractivity contribution in [3.63, 3.8) is 0 Å². The summed E-state index contributed by atoms with van der Waals surface area (Å²) in [5, 5.41) is 12.7. The number of oxime groups is 1. The van der Waals surface area contributed by atoms with Crippen LogP contribution in [-0.2, 0) is 9.63 Å². The summed E-state index contributed by atoms with van der Waals surface area (Å²) in [6.07, 6.45) is -0.766. The molecule has 0 fully saturated rings. The number of methoxy groups -OCH3 is 3. The van der Waals surface area contributed by atoms with Crippen molar-refractivity contribution in [2.75, 3.05) is 21.3 Å². The summed E-state index contributed by atoms with van der Waals surface area (Å²) in [4.78, 5) is 15.7. The van der Waals surface area contributed by atoms with Crippen molar-refractivity contribution < 1.29 is 28.9 Å². The Morgan fingerprint density at radius 2 is 1.85 bits per heavy atom. The number of carboxylic acids is 1. The first-order valence-electron chi connectivity index (χ1n) is 5.86. The molecule has 1 unspecified atom stereocenters. The summed E-state index contributed by atoms with van der Waals surface area (Å²) in [7, 11) is 4.53. The van der Waals surface area contributed by atoms with Crippen LogP contribution >= 0.6 is 0 Å². The predicted octanol–water partition coefficient (Wildman–Crippen LogP) is 1.29. The Hall–Kier alpha value is -2.44. The van der Waals surface area contributed by atoms with Gasteiger partial charge in [0, 0.05) is 12.0 Å². The van der Waals surface area contributed by atoms with Crippen molar-refractivity contribution in [3.8, 4) is 17.2 Å². The van der Waals surface area contributed by atoms with Crippen LogP contribution in [0.25, 0.3) is 0 Å². The van der Waals surface area contributed by atoms with Gasteiger partial charge in [0.25, 0.3) is 0 Å². The monoisotopic (exact) mass is 281 g/mol. The average molecular weight is 281 g/mol. The Bertz CT molecular complexity index is 529. The van der Waals surface area contributed by atoms with E-state index in [-0.39, 0.29) is 6.42 Å². The Morgan fingerprint density at radius 1 is 1.25 bits per heavy atom. The van der Waals surface area contributed by atoms with Gasteiger partial charge < -0.3 is 24.2 Å². The molecule has 0 bridgehead atoms. The maximum Gasteiger partial charge on any atom is 0.348 e. The van der Waals surface area contributed by atoms with E-state index in [2.05, 4.69) is 5.16 Å². The number of hydrogen-bond acceptors (Lipinski definition) is 6. The molecule has 7 heteroatoms. The number of nitrogens with zero attached hydrogens (tertiary/aromatic N) is 1. The third kappa shape index (κ3) is 2.47. The summed E-state index contributed by atoms with van der Waals surface area (Å²) < 4.78 is 15.7. The largest absolute Gasteiger partial charge is 0.493 e. The van der Waals surface area contributed by atoms with Gasteiger partial charge in [-0.05, 0) is 12.1 Å². The zero-order valence-corrected chi connectivity index (χ0v) is 11.4. The van der Waals surface area contributed by atoms with Crippen LogP contribution in [0.4, 0.5) is 0 Å². The number of hydrogen-bond donors (Lipinski definition) is 1. The van der Waals surface area contributed by atoms with Crippen molar-refractivity contribution in [2.24, 2.45) is 5.16 Å². The van der Waals surface area contributed by atoms with E-state index in [9.17, 15) is 4.79 Å². The summed E-state index contributed by atoms with van der Waals surface area (Å²) in [5.74, 6) is 0.371. The van der Waals surface area contributed by atoms with E-state index in [1.54, 1.807) is 12.1 Å². The smallest absolute Gasteiger partial charge is 0.348 e. The van der Waals surface area contributed by atoms with E-state index in [4.69, 9.17) is 24.2 Å². The van der Waals surface area contributed by atoms with Crippen molar-refractivity contribution >= 4 is 11.7 Å². The van der Waals surface area contributed by atoms with Crippen LogP contribution in [0.15, 0.2) is 17.3 Å². The summed E-state index contributed by atoms with van der Waals surface area (Å²) in [6.45, 7) is 0. The van der Waals surface area contributed by atoms with Gasteiger partial charge in [0.2, 0.25) is 11.9 Å². The van der Waals surface area contributed by atoms with Crippen LogP contribution in [0.3, 0.4) is 0 Å². The Balaban J connectivity index is 2.36. The van der Waals surface area contributed by atoms with Crippen LogP contribution in [0.2, 0.25) is 0 Å². The van der Waals surface area contributed by atoms with Crippen LogP contribution in [0.1, 0.15) is 12.0 Å². The molecule has 0 amide bonds. The first-order chi connectivity index (χ1) is 9.60. The first-order valence-corrected chi connectivity index (χ1v) is 5.86. The van der Waals surface area contributed by atoms with Gasteiger partial charge >= 0.3 is 5.97 Å². The lowest BCUT2D eigenvalue weighted by atomic mass is 10.0. The summed E-state index contributed by atoms with van der Waals surface area (Å²) in [5.41, 5.74) is 1.19. The third-order valence-electron chi connectivity index (χ3n) is 2.94. The van der Waals surface area contributed by atoms with Crippen LogP contribution in [0, 0.1) is 0 Å². The van der Waals surface area contributed by atoms with Crippen LogP contribution in [0.5, 0.6) is 17.2 Å². The second kappa shape index (κ2) is 5.68. The lowest BCUT2D eigenvalue weighted by molar-refractivity contribution is -0.148. The molecule has 7 nitrogen and oxygen atoms in total. The lowest BCUT2D eigenvalue weighted by Gasteiger charge is -2.13. The highest BCUT2D eigenvalue weighted by molar-refractivity contribution is 6.04. The van der Waals surface area contributed by atoms with Gasteiger partial charge in [0.1, 0.15) is 0 Å². The fraction of sp³-hybridized carbons (Fsp3) is 0.385. The Morgan fingerprint density at radius 3 is 2.25 bits per heavy atom. The van der Waals surface area contributed by atoms with Crippen molar-refractivity contribution in [2.45, 2.75) is 12.5 Å². The molecular weight excluding hydrogens is 266 g/mol. The van der Waals surface area contributed by atoms with Crippen molar-refractivity contribution in [1.82, 2.24) is 0 Å². The number of carbonyl (C=O) groups is 1. The fourth-order valence-corrected chi connectivity index (χ4v) is 1.93. The Kier molecular flexibility index (Phi) is 3.97. The molecule has 20 heavy (non-hydrogen) atoms.